The predicted molar refractivity (Wildman–Crippen MR) is 103 cm³/mol. The van der Waals surface area contributed by atoms with Gasteiger partial charge in [0.15, 0.2) is 0 Å². The SMILES string of the molecule is CCC[Si](C)(C)C1CC1(C)O.CCC[Si](C)(C)C1CC1(C)O. The molecule has 22 heavy (non-hydrogen) atoms. The summed E-state index contributed by atoms with van der Waals surface area (Å²) < 4.78 is 0. The second-order valence-corrected chi connectivity index (χ2v) is 20.1. The van der Waals surface area contributed by atoms with Crippen molar-refractivity contribution < 1.29 is 10.2 Å². The molecule has 2 saturated carbocycles. The maximum absolute atomic E-state index is 9.69. The molecule has 0 radical (unpaired) electrons. The van der Waals surface area contributed by atoms with Gasteiger partial charge < -0.3 is 10.2 Å². The molecule has 2 aliphatic carbocycles. The van der Waals surface area contributed by atoms with Gasteiger partial charge in [-0.1, -0.05) is 65.0 Å². The van der Waals surface area contributed by atoms with Gasteiger partial charge in [-0.3, -0.25) is 0 Å². The van der Waals surface area contributed by atoms with Gasteiger partial charge in [0.1, 0.15) is 0 Å². The molecule has 0 saturated heterocycles. The second kappa shape index (κ2) is 6.69. The molecular weight excluding hydrogens is 304 g/mol. The fraction of sp³-hybridized carbons (Fsp3) is 1.00. The molecule has 2 N–H and O–H groups in total. The Morgan fingerprint density at radius 1 is 0.773 bits per heavy atom. The summed E-state index contributed by atoms with van der Waals surface area (Å²) in [5.41, 5.74) is 0.778. The third-order valence-electron chi connectivity index (χ3n) is 6.09. The van der Waals surface area contributed by atoms with Crippen LogP contribution in [0.2, 0.25) is 49.4 Å². The lowest BCUT2D eigenvalue weighted by Crippen LogP contribution is -2.29. The van der Waals surface area contributed by atoms with Crippen LogP contribution in [0.3, 0.4) is 0 Å². The zero-order valence-electron chi connectivity index (χ0n) is 16.3. The van der Waals surface area contributed by atoms with Crippen molar-refractivity contribution in [1.29, 1.82) is 0 Å². The maximum Gasteiger partial charge on any atom is 0.0626 e. The van der Waals surface area contributed by atoms with Crippen LogP contribution in [-0.2, 0) is 0 Å². The zero-order valence-corrected chi connectivity index (χ0v) is 18.3. The minimum atomic E-state index is -1.05. The number of hydrogen-bond donors (Lipinski definition) is 2. The Labute approximate surface area is 140 Å². The average molecular weight is 345 g/mol. The Kier molecular flexibility index (Phi) is 6.21. The highest BCUT2D eigenvalue weighted by atomic mass is 28.3. The Balaban J connectivity index is 0.000000220. The van der Waals surface area contributed by atoms with Crippen LogP contribution in [0.4, 0.5) is 0 Å². The van der Waals surface area contributed by atoms with Crippen LogP contribution < -0.4 is 0 Å². The summed E-state index contributed by atoms with van der Waals surface area (Å²) in [6.45, 7) is 18.1. The van der Waals surface area contributed by atoms with Crippen LogP contribution >= 0.6 is 0 Å². The first-order valence-corrected chi connectivity index (χ1v) is 15.8. The molecule has 0 aliphatic heterocycles. The maximum atomic E-state index is 9.69. The minimum Gasteiger partial charge on any atom is -0.390 e. The number of hydrogen-bond acceptors (Lipinski definition) is 2. The van der Waals surface area contributed by atoms with Gasteiger partial charge in [0.2, 0.25) is 0 Å². The van der Waals surface area contributed by atoms with E-state index in [0.717, 1.165) is 12.8 Å². The normalized spacial score (nSPS) is 37.4. The third kappa shape index (κ3) is 5.18. The van der Waals surface area contributed by atoms with Gasteiger partial charge in [0, 0.05) is 0 Å². The van der Waals surface area contributed by atoms with Gasteiger partial charge in [-0.15, -0.1) is 0 Å². The first-order valence-electron chi connectivity index (χ1n) is 9.25. The molecule has 2 aliphatic rings. The predicted octanol–water partition coefficient (Wildman–Crippen LogP) is 5.26. The van der Waals surface area contributed by atoms with Crippen LogP contribution in [0, 0.1) is 0 Å². The molecule has 0 aromatic heterocycles. The quantitative estimate of drug-likeness (QED) is 0.645. The van der Waals surface area contributed by atoms with Crippen molar-refractivity contribution in [2.45, 2.75) is 114 Å². The summed E-state index contributed by atoms with van der Waals surface area (Å²) in [5.74, 6) is 0. The lowest BCUT2D eigenvalue weighted by Gasteiger charge is -2.22. The number of rotatable bonds is 6. The highest BCUT2D eigenvalue weighted by molar-refractivity contribution is 6.80. The van der Waals surface area contributed by atoms with E-state index in [1.807, 2.05) is 13.8 Å². The topological polar surface area (TPSA) is 40.5 Å². The van der Waals surface area contributed by atoms with Gasteiger partial charge in [-0.05, 0) is 37.8 Å². The van der Waals surface area contributed by atoms with E-state index in [-0.39, 0.29) is 11.2 Å². The third-order valence-corrected chi connectivity index (χ3v) is 15.1. The van der Waals surface area contributed by atoms with Crippen molar-refractivity contribution in [2.24, 2.45) is 0 Å². The minimum absolute atomic E-state index is 0.287. The standard InChI is InChI=1S/2C9H20OSi/c2*1-5-6-11(3,4)8-7-9(8,2)10/h2*8,10H,5-7H2,1-4H3. The molecule has 4 atom stereocenters. The van der Waals surface area contributed by atoms with Crippen LogP contribution in [0.15, 0.2) is 0 Å². The van der Waals surface area contributed by atoms with Crippen LogP contribution in [0.5, 0.6) is 0 Å². The summed E-state index contributed by atoms with van der Waals surface area (Å²) >= 11 is 0. The van der Waals surface area contributed by atoms with Gasteiger partial charge >= 0.3 is 0 Å². The highest BCUT2D eigenvalue weighted by Crippen LogP contribution is 2.57. The number of aliphatic hydroxyl groups is 2. The van der Waals surface area contributed by atoms with Crippen LogP contribution in [-0.4, -0.2) is 37.6 Å². The first kappa shape index (κ1) is 20.4. The fourth-order valence-corrected chi connectivity index (χ4v) is 13.2. The smallest absolute Gasteiger partial charge is 0.0626 e. The highest BCUT2D eigenvalue weighted by Gasteiger charge is 2.57. The Morgan fingerprint density at radius 3 is 1.14 bits per heavy atom. The molecular formula is C18H40O2Si2. The summed E-state index contributed by atoms with van der Waals surface area (Å²) in [6, 6.07) is 2.74. The summed E-state index contributed by atoms with van der Waals surface area (Å²) in [6.07, 6.45) is 4.69. The zero-order chi connectivity index (χ0) is 17.4. The average Bonchev–Trinajstić information content (AvgIpc) is 3.16. The molecule has 0 aromatic rings. The molecule has 2 fully saturated rings. The molecule has 0 amide bonds. The van der Waals surface area contributed by atoms with Crippen molar-refractivity contribution >= 4 is 16.1 Å². The van der Waals surface area contributed by atoms with Crippen LogP contribution in [0.1, 0.15) is 53.4 Å². The van der Waals surface area contributed by atoms with Crippen molar-refractivity contribution in [3.63, 3.8) is 0 Å². The van der Waals surface area contributed by atoms with E-state index in [1.54, 1.807) is 0 Å². The van der Waals surface area contributed by atoms with E-state index in [2.05, 4.69) is 40.0 Å². The molecule has 132 valence electrons. The Morgan fingerprint density at radius 2 is 1.00 bits per heavy atom. The van der Waals surface area contributed by atoms with Crippen molar-refractivity contribution in [2.75, 3.05) is 0 Å². The Hall–Kier alpha value is 0.354. The first-order chi connectivity index (χ1) is 9.80. The molecule has 0 heterocycles. The molecule has 0 aromatic carbocycles. The molecule has 0 bridgehead atoms. The van der Waals surface area contributed by atoms with Crippen molar-refractivity contribution in [3.05, 3.63) is 0 Å². The van der Waals surface area contributed by atoms with E-state index < -0.39 is 16.1 Å². The molecule has 4 heteroatoms. The van der Waals surface area contributed by atoms with Crippen molar-refractivity contribution in [1.82, 2.24) is 0 Å². The van der Waals surface area contributed by atoms with Gasteiger partial charge in [-0.2, -0.15) is 0 Å². The van der Waals surface area contributed by atoms with E-state index >= 15 is 0 Å². The Bertz CT molecular complexity index is 339. The van der Waals surface area contributed by atoms with Gasteiger partial charge in [-0.25, -0.2) is 0 Å². The summed E-state index contributed by atoms with van der Waals surface area (Å²) in [7, 11) is -2.11. The summed E-state index contributed by atoms with van der Waals surface area (Å²) in [5, 5.41) is 19.4. The van der Waals surface area contributed by atoms with E-state index in [1.165, 1.54) is 24.9 Å². The van der Waals surface area contributed by atoms with Gasteiger partial charge in [0.05, 0.1) is 27.3 Å². The fourth-order valence-electron chi connectivity index (χ4n) is 4.58. The lowest BCUT2D eigenvalue weighted by atomic mass is 10.4. The summed E-state index contributed by atoms with van der Waals surface area (Å²) in [4.78, 5) is 0. The molecule has 2 nitrogen and oxygen atoms in total. The monoisotopic (exact) mass is 344 g/mol. The second-order valence-electron chi connectivity index (χ2n) is 9.70. The van der Waals surface area contributed by atoms with Crippen LogP contribution in [0.25, 0.3) is 0 Å². The van der Waals surface area contributed by atoms with Crippen molar-refractivity contribution in [3.8, 4) is 0 Å². The largest absolute Gasteiger partial charge is 0.390 e. The van der Waals surface area contributed by atoms with Gasteiger partial charge in [0.25, 0.3) is 0 Å². The molecule has 2 rings (SSSR count). The molecule has 0 spiro atoms. The van der Waals surface area contributed by atoms with E-state index in [9.17, 15) is 10.2 Å². The lowest BCUT2D eigenvalue weighted by molar-refractivity contribution is 0.170. The van der Waals surface area contributed by atoms with E-state index in [0.29, 0.717) is 11.1 Å². The molecule has 4 unspecified atom stereocenters. The van der Waals surface area contributed by atoms with E-state index in [4.69, 9.17) is 0 Å².